The van der Waals surface area contributed by atoms with Crippen molar-refractivity contribution >= 4 is 22.4 Å². The summed E-state index contributed by atoms with van der Waals surface area (Å²) in [6.45, 7) is 4.68. The number of ether oxygens (including phenoxy) is 2. The van der Waals surface area contributed by atoms with Crippen molar-refractivity contribution in [1.29, 1.82) is 0 Å². The third-order valence-corrected chi connectivity index (χ3v) is 4.89. The topological polar surface area (TPSA) is 60.7 Å². The molecule has 0 bridgehead atoms. The Balaban J connectivity index is 2.05. The second-order valence-electron chi connectivity index (χ2n) is 6.87. The number of nitrogens with one attached hydrogen (secondary N) is 1. The van der Waals surface area contributed by atoms with Gasteiger partial charge in [-0.1, -0.05) is 31.5 Å². The predicted octanol–water partition coefficient (Wildman–Crippen LogP) is 5.44. The van der Waals surface area contributed by atoms with E-state index in [1.54, 1.807) is 26.6 Å². The van der Waals surface area contributed by atoms with E-state index in [0.717, 1.165) is 46.2 Å². The Morgan fingerprint density at radius 2 is 1.86 bits per heavy atom. The monoisotopic (exact) mass is 393 g/mol. The fourth-order valence-electron chi connectivity index (χ4n) is 3.32. The van der Waals surface area contributed by atoms with Gasteiger partial charge in [-0.3, -0.25) is 4.79 Å². The maximum absolute atomic E-state index is 12.2. The summed E-state index contributed by atoms with van der Waals surface area (Å²) >= 11 is 0. The van der Waals surface area contributed by atoms with Crippen LogP contribution in [0.25, 0.3) is 27.7 Å². The molecule has 0 atom stereocenters. The third kappa shape index (κ3) is 4.45. The fraction of sp³-hybridized carbons (Fsp3) is 0.292. The Bertz CT molecular complexity index is 1030. The molecule has 29 heavy (non-hydrogen) atoms. The molecule has 3 aromatic rings. The number of methoxy groups -OCH3 is 2. The molecule has 0 saturated carbocycles. The van der Waals surface area contributed by atoms with Gasteiger partial charge in [-0.2, -0.15) is 0 Å². The van der Waals surface area contributed by atoms with Crippen LogP contribution in [0.2, 0.25) is 0 Å². The van der Waals surface area contributed by atoms with Gasteiger partial charge < -0.3 is 19.2 Å². The molecule has 1 N–H and O–H groups in total. The lowest BCUT2D eigenvalue weighted by Gasteiger charge is -2.11. The molecule has 5 nitrogen and oxygen atoms in total. The molecule has 0 radical (unpaired) electrons. The van der Waals surface area contributed by atoms with Crippen LogP contribution >= 0.6 is 0 Å². The molecule has 0 fully saturated rings. The van der Waals surface area contributed by atoms with Crippen molar-refractivity contribution in [2.24, 2.45) is 0 Å². The van der Waals surface area contributed by atoms with Gasteiger partial charge in [0.05, 0.1) is 20.5 Å². The lowest BCUT2D eigenvalue weighted by Crippen LogP contribution is -2.22. The van der Waals surface area contributed by atoms with Crippen LogP contribution in [0, 0.1) is 0 Å². The molecule has 0 spiro atoms. The first-order valence-corrected chi connectivity index (χ1v) is 9.78. The normalized spacial score (nSPS) is 11.5. The van der Waals surface area contributed by atoms with E-state index in [1.165, 1.54) is 0 Å². The van der Waals surface area contributed by atoms with Gasteiger partial charge in [-0.25, -0.2) is 0 Å². The smallest absolute Gasteiger partial charge is 0.244 e. The molecule has 5 heteroatoms. The molecule has 0 aliphatic rings. The molecule has 3 rings (SSSR count). The van der Waals surface area contributed by atoms with Crippen molar-refractivity contribution in [1.82, 2.24) is 5.32 Å². The van der Waals surface area contributed by atoms with Crippen LogP contribution in [-0.4, -0.2) is 26.7 Å². The number of carbonyl (C=O) groups is 1. The van der Waals surface area contributed by atoms with Crippen LogP contribution in [-0.2, 0) is 4.79 Å². The molecule has 1 amide bonds. The van der Waals surface area contributed by atoms with Crippen molar-refractivity contribution in [3.05, 3.63) is 54.3 Å². The highest BCUT2D eigenvalue weighted by Crippen LogP contribution is 2.40. The van der Waals surface area contributed by atoms with Crippen LogP contribution in [0.1, 0.15) is 32.3 Å². The number of fused-ring (bicyclic) bond motifs is 1. The number of rotatable bonds is 8. The summed E-state index contributed by atoms with van der Waals surface area (Å²) in [6.07, 6.45) is 5.34. The van der Waals surface area contributed by atoms with Gasteiger partial charge in [0.2, 0.25) is 5.91 Å². The highest BCUT2D eigenvalue weighted by atomic mass is 16.5. The Hall–Kier alpha value is -3.21. The molecular weight excluding hydrogens is 366 g/mol. The maximum atomic E-state index is 12.2. The number of allylic oxidation sites excluding steroid dienone is 1. The number of hydrogen-bond donors (Lipinski definition) is 1. The second-order valence-corrected chi connectivity index (χ2v) is 6.87. The van der Waals surface area contributed by atoms with Crippen molar-refractivity contribution in [2.75, 3.05) is 20.8 Å². The zero-order valence-corrected chi connectivity index (χ0v) is 17.4. The van der Waals surface area contributed by atoms with E-state index in [9.17, 15) is 4.79 Å². The summed E-state index contributed by atoms with van der Waals surface area (Å²) in [6, 6.07) is 11.7. The SMILES string of the molecule is CCCCNC(=O)/C=C(\C)c1cc2c(-c3ccccc3OC)coc2cc1OC. The Kier molecular flexibility index (Phi) is 6.60. The molecule has 1 aromatic heterocycles. The fourth-order valence-corrected chi connectivity index (χ4v) is 3.32. The van der Waals surface area contributed by atoms with Crippen LogP contribution in [0.4, 0.5) is 0 Å². The van der Waals surface area contributed by atoms with E-state index in [4.69, 9.17) is 13.9 Å². The number of para-hydroxylation sites is 1. The average Bonchev–Trinajstić information content (AvgIpc) is 3.15. The zero-order chi connectivity index (χ0) is 20.8. The van der Waals surface area contributed by atoms with Crippen molar-refractivity contribution in [2.45, 2.75) is 26.7 Å². The first-order chi connectivity index (χ1) is 14.1. The molecule has 1 heterocycles. The average molecular weight is 393 g/mol. The Morgan fingerprint density at radius 1 is 1.10 bits per heavy atom. The molecule has 0 unspecified atom stereocenters. The number of unbranched alkanes of at least 4 members (excludes halogenated alkanes) is 1. The first-order valence-electron chi connectivity index (χ1n) is 9.78. The molecule has 2 aromatic carbocycles. The van der Waals surface area contributed by atoms with E-state index < -0.39 is 0 Å². The highest BCUT2D eigenvalue weighted by Gasteiger charge is 2.16. The van der Waals surface area contributed by atoms with E-state index in [0.29, 0.717) is 17.9 Å². The summed E-state index contributed by atoms with van der Waals surface area (Å²) in [4.78, 5) is 12.2. The maximum Gasteiger partial charge on any atom is 0.244 e. The van der Waals surface area contributed by atoms with Crippen molar-refractivity contribution < 1.29 is 18.7 Å². The van der Waals surface area contributed by atoms with Crippen LogP contribution in [0.15, 0.2) is 53.2 Å². The van der Waals surface area contributed by atoms with Gasteiger partial charge in [0.25, 0.3) is 0 Å². The minimum Gasteiger partial charge on any atom is -0.496 e. The van der Waals surface area contributed by atoms with Gasteiger partial charge in [-0.05, 0) is 31.1 Å². The van der Waals surface area contributed by atoms with Gasteiger partial charge in [-0.15, -0.1) is 0 Å². The number of hydrogen-bond acceptors (Lipinski definition) is 4. The first kappa shape index (κ1) is 20.5. The van der Waals surface area contributed by atoms with Crippen LogP contribution in [0.3, 0.4) is 0 Å². The summed E-state index contributed by atoms with van der Waals surface area (Å²) < 4.78 is 16.9. The van der Waals surface area contributed by atoms with E-state index in [-0.39, 0.29) is 5.91 Å². The van der Waals surface area contributed by atoms with Gasteiger partial charge >= 0.3 is 0 Å². The number of furan rings is 1. The quantitative estimate of drug-likeness (QED) is 0.409. The minimum absolute atomic E-state index is 0.102. The zero-order valence-electron chi connectivity index (χ0n) is 17.4. The van der Waals surface area contributed by atoms with E-state index in [2.05, 4.69) is 12.2 Å². The second kappa shape index (κ2) is 9.32. The summed E-state index contributed by atoms with van der Waals surface area (Å²) in [5.74, 6) is 1.33. The molecule has 152 valence electrons. The summed E-state index contributed by atoms with van der Waals surface area (Å²) in [7, 11) is 3.27. The Labute approximate surface area is 171 Å². The molecular formula is C24H27NO4. The van der Waals surface area contributed by atoms with Gasteiger partial charge in [0, 0.05) is 40.8 Å². The third-order valence-electron chi connectivity index (χ3n) is 4.89. The molecule has 0 saturated heterocycles. The highest BCUT2D eigenvalue weighted by molar-refractivity contribution is 6.01. The number of carbonyl (C=O) groups excluding carboxylic acids is 1. The standard InChI is InChI=1S/C24H27NO4/c1-5-6-11-25-24(26)12-16(2)18-13-19-20(15-29-23(19)14-22(18)28-4)17-9-7-8-10-21(17)27-3/h7-10,12-15H,5-6,11H2,1-4H3,(H,25,26)/b16-12+. The van der Waals surface area contributed by atoms with E-state index in [1.807, 2.05) is 43.3 Å². The van der Waals surface area contributed by atoms with Crippen molar-refractivity contribution in [3.8, 4) is 22.6 Å². The van der Waals surface area contributed by atoms with E-state index >= 15 is 0 Å². The largest absolute Gasteiger partial charge is 0.496 e. The van der Waals surface area contributed by atoms with Gasteiger partial charge in [0.15, 0.2) is 0 Å². The minimum atomic E-state index is -0.102. The van der Waals surface area contributed by atoms with Crippen LogP contribution in [0.5, 0.6) is 11.5 Å². The lowest BCUT2D eigenvalue weighted by atomic mass is 9.98. The predicted molar refractivity (Wildman–Crippen MR) is 116 cm³/mol. The summed E-state index contributed by atoms with van der Waals surface area (Å²) in [5.41, 5.74) is 4.27. The lowest BCUT2D eigenvalue weighted by molar-refractivity contribution is -0.116. The summed E-state index contributed by atoms with van der Waals surface area (Å²) in [5, 5.41) is 3.85. The number of benzene rings is 2. The molecule has 0 aliphatic heterocycles. The van der Waals surface area contributed by atoms with Gasteiger partial charge in [0.1, 0.15) is 17.1 Å². The molecule has 0 aliphatic carbocycles. The van der Waals surface area contributed by atoms with Crippen molar-refractivity contribution in [3.63, 3.8) is 0 Å². The number of amides is 1. The Morgan fingerprint density at radius 3 is 2.59 bits per heavy atom. The van der Waals surface area contributed by atoms with Crippen LogP contribution < -0.4 is 14.8 Å².